The van der Waals surface area contributed by atoms with Gasteiger partial charge in [-0.3, -0.25) is 5.41 Å². The number of benzene rings is 2. The molecule has 0 spiro atoms. The summed E-state index contributed by atoms with van der Waals surface area (Å²) in [5, 5.41) is 11.9. The number of likely N-dealkylation sites (N-methyl/N-ethyl adjacent to an activating group) is 1. The summed E-state index contributed by atoms with van der Waals surface area (Å²) < 4.78 is 7.46. The van der Waals surface area contributed by atoms with E-state index in [0.717, 1.165) is 26.3 Å². The molecule has 4 N–H and O–H groups in total. The molecule has 0 fully saturated rings. The first kappa shape index (κ1) is 16.5. The van der Waals surface area contributed by atoms with Crippen molar-refractivity contribution in [3.05, 3.63) is 65.0 Å². The SMILES string of the molecule is CN[C@@H](C)[C@@H](Oc1cccc2sc(C(=N)N)cc12)c1ccccc1. The van der Waals surface area contributed by atoms with Crippen molar-refractivity contribution in [3.8, 4) is 5.75 Å². The number of nitrogens with two attached hydrogens (primary N) is 1. The highest BCUT2D eigenvalue weighted by Gasteiger charge is 2.21. The fourth-order valence-electron chi connectivity index (χ4n) is 2.66. The summed E-state index contributed by atoms with van der Waals surface area (Å²) in [6.07, 6.45) is -0.109. The van der Waals surface area contributed by atoms with Crippen molar-refractivity contribution < 1.29 is 4.74 Å². The first-order valence-electron chi connectivity index (χ1n) is 7.86. The maximum Gasteiger partial charge on any atom is 0.139 e. The summed E-state index contributed by atoms with van der Waals surface area (Å²) >= 11 is 1.51. The second kappa shape index (κ2) is 7.03. The second-order valence-electron chi connectivity index (χ2n) is 5.72. The lowest BCUT2D eigenvalue weighted by atomic mass is 10.0. The van der Waals surface area contributed by atoms with Crippen molar-refractivity contribution in [2.75, 3.05) is 7.05 Å². The number of fused-ring (bicyclic) bond motifs is 1. The molecule has 0 saturated heterocycles. The maximum absolute atomic E-state index is 7.65. The number of hydrogen-bond donors (Lipinski definition) is 3. The molecule has 0 saturated carbocycles. The van der Waals surface area contributed by atoms with Crippen LogP contribution in [0.4, 0.5) is 0 Å². The van der Waals surface area contributed by atoms with Crippen LogP contribution in [0.1, 0.15) is 23.5 Å². The van der Waals surface area contributed by atoms with Crippen LogP contribution in [0.25, 0.3) is 10.1 Å². The van der Waals surface area contributed by atoms with E-state index < -0.39 is 0 Å². The summed E-state index contributed by atoms with van der Waals surface area (Å²) in [6.45, 7) is 2.10. The summed E-state index contributed by atoms with van der Waals surface area (Å²) in [7, 11) is 1.93. The van der Waals surface area contributed by atoms with Gasteiger partial charge in [-0.25, -0.2) is 0 Å². The van der Waals surface area contributed by atoms with Crippen LogP contribution in [0.5, 0.6) is 5.75 Å². The molecule has 0 aliphatic heterocycles. The molecule has 0 aliphatic rings. The third-order valence-electron chi connectivity index (χ3n) is 4.08. The molecule has 1 heterocycles. The average Bonchev–Trinajstić information content (AvgIpc) is 3.05. The Labute approximate surface area is 145 Å². The van der Waals surface area contributed by atoms with Gasteiger partial charge in [0.1, 0.15) is 17.7 Å². The molecule has 24 heavy (non-hydrogen) atoms. The number of thiophene rings is 1. The van der Waals surface area contributed by atoms with E-state index in [9.17, 15) is 0 Å². The standard InChI is InChI=1S/C19H21N3OS/c1-12(22-2)18(13-7-4-3-5-8-13)23-15-9-6-10-16-14(15)11-17(24-16)19(20)21/h3-12,18,22H,1-2H3,(H3,20,21)/t12-,18+/m0/s1. The predicted octanol–water partition coefficient (Wildman–Crippen LogP) is 3.91. The Hall–Kier alpha value is -2.37. The van der Waals surface area contributed by atoms with Crippen LogP contribution in [-0.2, 0) is 0 Å². The van der Waals surface area contributed by atoms with Gasteiger partial charge in [-0.1, -0.05) is 36.4 Å². The lowest BCUT2D eigenvalue weighted by molar-refractivity contribution is 0.169. The Morgan fingerprint density at radius 3 is 2.58 bits per heavy atom. The van der Waals surface area contributed by atoms with Gasteiger partial charge in [0.2, 0.25) is 0 Å². The summed E-state index contributed by atoms with van der Waals surface area (Å²) in [6, 6.07) is 18.3. The number of amidine groups is 1. The van der Waals surface area contributed by atoms with Gasteiger partial charge in [-0.2, -0.15) is 0 Å². The monoisotopic (exact) mass is 339 g/mol. The third-order valence-corrected chi connectivity index (χ3v) is 5.21. The molecule has 0 aliphatic carbocycles. The minimum Gasteiger partial charge on any atom is -0.483 e. The van der Waals surface area contributed by atoms with E-state index in [1.807, 2.05) is 49.5 Å². The zero-order valence-electron chi connectivity index (χ0n) is 13.7. The molecule has 2 aromatic carbocycles. The van der Waals surface area contributed by atoms with Crippen molar-refractivity contribution >= 4 is 27.3 Å². The average molecular weight is 339 g/mol. The Kier molecular flexibility index (Phi) is 4.83. The quantitative estimate of drug-likeness (QED) is 0.471. The van der Waals surface area contributed by atoms with Crippen molar-refractivity contribution in [1.82, 2.24) is 5.32 Å². The molecule has 0 bridgehead atoms. The van der Waals surface area contributed by atoms with Gasteiger partial charge in [-0.05, 0) is 37.7 Å². The molecule has 3 rings (SSSR count). The largest absolute Gasteiger partial charge is 0.483 e. The van der Waals surface area contributed by atoms with E-state index in [1.54, 1.807) is 0 Å². The van der Waals surface area contributed by atoms with E-state index in [4.69, 9.17) is 15.9 Å². The predicted molar refractivity (Wildman–Crippen MR) is 101 cm³/mol. The van der Waals surface area contributed by atoms with E-state index in [0.29, 0.717) is 0 Å². The lowest BCUT2D eigenvalue weighted by Gasteiger charge is -2.25. The summed E-state index contributed by atoms with van der Waals surface area (Å²) in [5.74, 6) is 0.901. The van der Waals surface area contributed by atoms with Gasteiger partial charge in [0.15, 0.2) is 0 Å². The molecule has 124 valence electrons. The van der Waals surface area contributed by atoms with Crippen LogP contribution in [0.15, 0.2) is 54.6 Å². The van der Waals surface area contributed by atoms with Crippen LogP contribution in [0.3, 0.4) is 0 Å². The minimum absolute atomic E-state index is 0.0883. The molecule has 1 aromatic heterocycles. The molecule has 0 unspecified atom stereocenters. The van der Waals surface area contributed by atoms with Crippen molar-refractivity contribution in [3.63, 3.8) is 0 Å². The van der Waals surface area contributed by atoms with Crippen LogP contribution >= 0.6 is 11.3 Å². The zero-order chi connectivity index (χ0) is 17.1. The first-order chi connectivity index (χ1) is 11.6. The molecule has 5 heteroatoms. The molecule has 0 amide bonds. The molecular formula is C19H21N3OS. The molecule has 2 atom stereocenters. The Balaban J connectivity index is 2.01. The maximum atomic E-state index is 7.65. The third kappa shape index (κ3) is 3.27. The normalized spacial score (nSPS) is 13.6. The smallest absolute Gasteiger partial charge is 0.139 e. The molecule has 3 aromatic rings. The van der Waals surface area contributed by atoms with Gasteiger partial charge >= 0.3 is 0 Å². The fraction of sp³-hybridized carbons (Fsp3) is 0.211. The molecular weight excluding hydrogens is 318 g/mol. The van der Waals surface area contributed by atoms with Gasteiger partial charge < -0.3 is 15.8 Å². The van der Waals surface area contributed by atoms with Crippen molar-refractivity contribution in [1.29, 1.82) is 5.41 Å². The van der Waals surface area contributed by atoms with Crippen molar-refractivity contribution in [2.45, 2.75) is 19.1 Å². The Morgan fingerprint density at radius 2 is 1.92 bits per heavy atom. The highest BCUT2D eigenvalue weighted by atomic mass is 32.1. The number of hydrogen-bond acceptors (Lipinski definition) is 4. The number of nitrogens with one attached hydrogen (secondary N) is 2. The minimum atomic E-state index is -0.109. The highest BCUT2D eigenvalue weighted by Crippen LogP contribution is 2.35. The van der Waals surface area contributed by atoms with E-state index in [2.05, 4.69) is 24.4 Å². The number of rotatable bonds is 6. The van der Waals surface area contributed by atoms with Gasteiger partial charge in [0.05, 0.1) is 4.88 Å². The van der Waals surface area contributed by atoms with E-state index in [1.165, 1.54) is 11.3 Å². The molecule has 0 radical (unpaired) electrons. The lowest BCUT2D eigenvalue weighted by Crippen LogP contribution is -2.32. The van der Waals surface area contributed by atoms with Crippen LogP contribution < -0.4 is 15.8 Å². The van der Waals surface area contributed by atoms with Gasteiger partial charge in [-0.15, -0.1) is 11.3 Å². The highest BCUT2D eigenvalue weighted by molar-refractivity contribution is 7.20. The summed E-state index contributed by atoms with van der Waals surface area (Å²) in [4.78, 5) is 0.763. The van der Waals surface area contributed by atoms with Gasteiger partial charge in [0.25, 0.3) is 0 Å². The number of ether oxygens (including phenoxy) is 1. The fourth-order valence-corrected chi connectivity index (χ4v) is 3.60. The van der Waals surface area contributed by atoms with Crippen LogP contribution in [0, 0.1) is 5.41 Å². The first-order valence-corrected chi connectivity index (χ1v) is 8.67. The molecule has 4 nitrogen and oxygen atoms in total. The van der Waals surface area contributed by atoms with Crippen molar-refractivity contribution in [2.24, 2.45) is 5.73 Å². The van der Waals surface area contributed by atoms with E-state index in [-0.39, 0.29) is 18.0 Å². The summed E-state index contributed by atoms with van der Waals surface area (Å²) in [5.41, 5.74) is 6.76. The van der Waals surface area contributed by atoms with Gasteiger partial charge in [0, 0.05) is 16.1 Å². The number of nitrogen functional groups attached to an aromatic ring is 1. The topological polar surface area (TPSA) is 71.1 Å². The van der Waals surface area contributed by atoms with Crippen LogP contribution in [0.2, 0.25) is 0 Å². The Bertz CT molecular complexity index is 844. The zero-order valence-corrected chi connectivity index (χ0v) is 14.6. The van der Waals surface area contributed by atoms with Crippen LogP contribution in [-0.4, -0.2) is 18.9 Å². The Morgan fingerprint density at radius 1 is 1.17 bits per heavy atom. The van der Waals surface area contributed by atoms with E-state index >= 15 is 0 Å². The second-order valence-corrected chi connectivity index (χ2v) is 6.80.